The molecule has 0 radical (unpaired) electrons. The molecule has 1 aromatic carbocycles. The van der Waals surface area contributed by atoms with Gasteiger partial charge >= 0.3 is 0 Å². The van der Waals surface area contributed by atoms with E-state index in [0.717, 1.165) is 15.5 Å². The van der Waals surface area contributed by atoms with Crippen molar-refractivity contribution < 1.29 is 5.11 Å². The summed E-state index contributed by atoms with van der Waals surface area (Å²) in [6.45, 7) is 2.07. The average molecular weight is 252 g/mol. The lowest BCUT2D eigenvalue weighted by Crippen LogP contribution is -2.01. The van der Waals surface area contributed by atoms with Crippen LogP contribution in [0, 0.1) is 0 Å². The highest BCUT2D eigenvalue weighted by Gasteiger charge is 2.18. The van der Waals surface area contributed by atoms with E-state index in [1.54, 1.807) is 11.8 Å². The minimum Gasteiger partial charge on any atom is -0.382 e. The summed E-state index contributed by atoms with van der Waals surface area (Å²) in [5, 5.41) is 14.2. The molecule has 0 aliphatic carbocycles. The van der Waals surface area contributed by atoms with E-state index >= 15 is 0 Å². The Morgan fingerprint density at radius 3 is 2.81 bits per heavy atom. The molecule has 0 saturated carbocycles. The molecule has 1 unspecified atom stereocenters. The Kier molecular flexibility index (Phi) is 3.93. The maximum Gasteiger partial charge on any atom is 0.125 e. The van der Waals surface area contributed by atoms with Crippen molar-refractivity contribution in [3.05, 3.63) is 41.6 Å². The predicted molar refractivity (Wildman–Crippen MR) is 66.8 cm³/mol. The molecular weight excluding hydrogens is 240 g/mol. The molecule has 84 valence electrons. The highest BCUT2D eigenvalue weighted by Crippen LogP contribution is 2.31. The second-order valence-corrected chi connectivity index (χ2v) is 5.48. The fourth-order valence-corrected chi connectivity index (χ4v) is 3.06. The number of aromatic nitrogens is 2. The Morgan fingerprint density at radius 2 is 2.12 bits per heavy atom. The lowest BCUT2D eigenvalue weighted by Gasteiger charge is -2.08. The lowest BCUT2D eigenvalue weighted by molar-refractivity contribution is 0.212. The zero-order valence-electron chi connectivity index (χ0n) is 8.83. The van der Waals surface area contributed by atoms with Gasteiger partial charge in [0.25, 0.3) is 0 Å². The maximum absolute atomic E-state index is 10.2. The summed E-state index contributed by atoms with van der Waals surface area (Å²) in [6.07, 6.45) is -0.672. The molecule has 16 heavy (non-hydrogen) atoms. The van der Waals surface area contributed by atoms with Crippen LogP contribution in [0.4, 0.5) is 0 Å². The van der Waals surface area contributed by atoms with Crippen LogP contribution < -0.4 is 0 Å². The van der Waals surface area contributed by atoms with E-state index in [0.29, 0.717) is 5.69 Å². The van der Waals surface area contributed by atoms with Gasteiger partial charge in [-0.2, -0.15) is 0 Å². The van der Waals surface area contributed by atoms with Gasteiger partial charge < -0.3 is 5.11 Å². The largest absolute Gasteiger partial charge is 0.382 e. The zero-order chi connectivity index (χ0) is 11.4. The molecule has 0 amide bonds. The molecule has 0 bridgehead atoms. The molecular formula is C11H12N2OS2. The van der Waals surface area contributed by atoms with Crippen LogP contribution >= 0.6 is 23.3 Å². The highest BCUT2D eigenvalue weighted by molar-refractivity contribution is 8.01. The van der Waals surface area contributed by atoms with Crippen LogP contribution in [0.1, 0.15) is 24.3 Å². The summed E-state index contributed by atoms with van der Waals surface area (Å²) >= 11 is 3.00. The Labute approximate surface area is 103 Å². The summed E-state index contributed by atoms with van der Waals surface area (Å²) < 4.78 is 4.90. The van der Waals surface area contributed by atoms with E-state index in [2.05, 4.69) is 16.5 Å². The lowest BCUT2D eigenvalue weighted by atomic mass is 10.1. The topological polar surface area (TPSA) is 46.0 Å². The molecule has 1 heterocycles. The number of aliphatic hydroxyl groups excluding tert-OH is 1. The summed E-state index contributed by atoms with van der Waals surface area (Å²) in [7, 11) is 0. The quantitative estimate of drug-likeness (QED) is 0.850. The first-order valence-corrected chi connectivity index (χ1v) is 6.77. The van der Waals surface area contributed by atoms with Crippen molar-refractivity contribution in [1.82, 2.24) is 9.59 Å². The number of hydrogen-bond donors (Lipinski definition) is 1. The summed E-state index contributed by atoms with van der Waals surface area (Å²) in [5.41, 5.74) is 1.52. The Balaban J connectivity index is 2.27. The summed E-state index contributed by atoms with van der Waals surface area (Å²) in [5.74, 6) is 0.957. The monoisotopic (exact) mass is 252 g/mol. The van der Waals surface area contributed by atoms with Crippen molar-refractivity contribution in [2.24, 2.45) is 0 Å². The van der Waals surface area contributed by atoms with E-state index in [-0.39, 0.29) is 0 Å². The van der Waals surface area contributed by atoms with Gasteiger partial charge in [0.15, 0.2) is 0 Å². The minimum absolute atomic E-state index is 0.669. The van der Waals surface area contributed by atoms with Gasteiger partial charge in [-0.1, -0.05) is 41.7 Å². The fraction of sp³-hybridized carbons (Fsp3) is 0.273. The molecule has 0 aliphatic rings. The van der Waals surface area contributed by atoms with Gasteiger partial charge in [-0.25, -0.2) is 0 Å². The molecule has 3 nitrogen and oxygen atoms in total. The maximum atomic E-state index is 10.2. The van der Waals surface area contributed by atoms with Crippen LogP contribution in [0.2, 0.25) is 0 Å². The van der Waals surface area contributed by atoms with Gasteiger partial charge in [0, 0.05) is 0 Å². The van der Waals surface area contributed by atoms with Crippen LogP contribution in [-0.2, 0) is 0 Å². The first-order chi connectivity index (χ1) is 7.83. The van der Waals surface area contributed by atoms with Crippen molar-refractivity contribution >= 4 is 23.3 Å². The number of aliphatic hydroxyl groups is 1. The van der Waals surface area contributed by atoms with Gasteiger partial charge in [0.1, 0.15) is 16.0 Å². The van der Waals surface area contributed by atoms with Crippen molar-refractivity contribution in [3.63, 3.8) is 0 Å². The summed E-state index contributed by atoms with van der Waals surface area (Å²) in [4.78, 5) is 0. The van der Waals surface area contributed by atoms with Gasteiger partial charge in [0.05, 0.1) is 0 Å². The second kappa shape index (κ2) is 5.43. The van der Waals surface area contributed by atoms with E-state index in [4.69, 9.17) is 0 Å². The van der Waals surface area contributed by atoms with Crippen LogP contribution in [0.25, 0.3) is 0 Å². The molecule has 1 aromatic heterocycles. The van der Waals surface area contributed by atoms with Crippen molar-refractivity contribution in [3.8, 4) is 0 Å². The van der Waals surface area contributed by atoms with Gasteiger partial charge in [-0.3, -0.25) is 0 Å². The van der Waals surface area contributed by atoms with E-state index in [9.17, 15) is 5.11 Å². The Bertz CT molecular complexity index is 444. The number of nitrogens with zero attached hydrogens (tertiary/aromatic N) is 2. The third-order valence-corrected chi connectivity index (χ3v) is 4.01. The molecule has 2 rings (SSSR count). The average Bonchev–Trinajstić information content (AvgIpc) is 2.78. The normalized spacial score (nSPS) is 12.6. The van der Waals surface area contributed by atoms with Gasteiger partial charge in [0.2, 0.25) is 0 Å². The number of hydrogen-bond acceptors (Lipinski definition) is 5. The van der Waals surface area contributed by atoms with Crippen molar-refractivity contribution in [1.29, 1.82) is 0 Å². The Morgan fingerprint density at radius 1 is 1.38 bits per heavy atom. The third-order valence-electron chi connectivity index (χ3n) is 2.13. The zero-order valence-corrected chi connectivity index (χ0v) is 10.5. The smallest absolute Gasteiger partial charge is 0.125 e. The van der Waals surface area contributed by atoms with Crippen LogP contribution in [0.15, 0.2) is 34.5 Å². The van der Waals surface area contributed by atoms with E-state index in [1.807, 2.05) is 30.3 Å². The van der Waals surface area contributed by atoms with Gasteiger partial charge in [-0.05, 0) is 22.8 Å². The van der Waals surface area contributed by atoms with Crippen molar-refractivity contribution in [2.75, 3.05) is 5.75 Å². The minimum atomic E-state index is -0.672. The Hall–Kier alpha value is -0.910. The molecule has 2 aromatic rings. The standard InChI is InChI=1S/C11H12N2OS2/c1-2-15-11-9(12-13-16-11)10(14)8-6-4-3-5-7-8/h3-7,10,14H,2H2,1H3. The number of rotatable bonds is 4. The second-order valence-electron chi connectivity index (χ2n) is 3.19. The molecule has 1 atom stereocenters. The number of benzene rings is 1. The molecule has 1 N–H and O–H groups in total. The molecule has 0 spiro atoms. The van der Waals surface area contributed by atoms with E-state index in [1.165, 1.54) is 11.5 Å². The molecule has 0 fully saturated rings. The van der Waals surface area contributed by atoms with Crippen LogP contribution in [0.3, 0.4) is 0 Å². The SMILES string of the molecule is CCSc1snnc1C(O)c1ccccc1. The first kappa shape index (κ1) is 11.6. The van der Waals surface area contributed by atoms with Crippen LogP contribution in [-0.4, -0.2) is 20.4 Å². The van der Waals surface area contributed by atoms with E-state index < -0.39 is 6.10 Å². The number of thioether (sulfide) groups is 1. The first-order valence-electron chi connectivity index (χ1n) is 5.01. The third kappa shape index (κ3) is 2.42. The molecule has 5 heteroatoms. The molecule has 0 saturated heterocycles. The summed E-state index contributed by atoms with van der Waals surface area (Å²) in [6, 6.07) is 9.53. The van der Waals surface area contributed by atoms with Gasteiger partial charge in [-0.15, -0.1) is 16.9 Å². The highest BCUT2D eigenvalue weighted by atomic mass is 32.2. The van der Waals surface area contributed by atoms with Crippen molar-refractivity contribution in [2.45, 2.75) is 17.2 Å². The molecule has 0 aliphatic heterocycles. The fourth-order valence-electron chi connectivity index (χ4n) is 1.38. The predicted octanol–water partition coefficient (Wildman–Crippen LogP) is 2.73. The van der Waals surface area contributed by atoms with Crippen LogP contribution in [0.5, 0.6) is 0 Å².